The molecular weight excluding hydrogens is 355 g/mol. The first kappa shape index (κ1) is 18.5. The lowest BCUT2D eigenvalue weighted by Gasteiger charge is -2.25. The maximum atomic E-state index is 13.9. The molecule has 3 aromatic rings. The number of nitrogens with zero attached hydrogens (tertiary/aromatic N) is 4. The Kier molecular flexibility index (Phi) is 5.28. The zero-order valence-corrected chi connectivity index (χ0v) is 16.0. The SMILES string of the molecule is Cc1ncc(-c2cc(C(=O)N3CCCCCCC3)c3cc(F)ccc3n2)cn1. The quantitative estimate of drug-likeness (QED) is 0.657. The highest BCUT2D eigenvalue weighted by Gasteiger charge is 2.21. The molecule has 2 aromatic heterocycles. The second-order valence-corrected chi connectivity index (χ2v) is 7.30. The first-order chi connectivity index (χ1) is 13.6. The first-order valence-electron chi connectivity index (χ1n) is 9.80. The summed E-state index contributed by atoms with van der Waals surface area (Å²) in [6.45, 7) is 3.29. The molecule has 144 valence electrons. The van der Waals surface area contributed by atoms with Crippen LogP contribution in [-0.2, 0) is 0 Å². The molecule has 1 aliphatic heterocycles. The van der Waals surface area contributed by atoms with Crippen molar-refractivity contribution in [1.82, 2.24) is 19.9 Å². The van der Waals surface area contributed by atoms with E-state index in [9.17, 15) is 9.18 Å². The van der Waals surface area contributed by atoms with Gasteiger partial charge in [0.15, 0.2) is 0 Å². The van der Waals surface area contributed by atoms with Crippen molar-refractivity contribution >= 4 is 16.8 Å². The minimum atomic E-state index is -0.373. The predicted octanol–water partition coefficient (Wildman–Crippen LogP) is 4.55. The van der Waals surface area contributed by atoms with E-state index in [1.54, 1.807) is 24.5 Å². The number of aromatic nitrogens is 3. The summed E-state index contributed by atoms with van der Waals surface area (Å²) in [5, 5.41) is 0.545. The van der Waals surface area contributed by atoms with Crippen LogP contribution in [0.4, 0.5) is 4.39 Å². The largest absolute Gasteiger partial charge is 0.339 e. The lowest BCUT2D eigenvalue weighted by atomic mass is 10.0. The molecule has 0 spiro atoms. The standard InChI is InChI=1S/C22H23FN4O/c1-15-24-13-16(14-25-15)21-12-19(18-11-17(23)7-8-20(18)26-21)22(28)27-9-5-3-2-4-6-10-27/h7-8,11-14H,2-6,9-10H2,1H3. The van der Waals surface area contributed by atoms with Crippen LogP contribution in [0.2, 0.25) is 0 Å². The zero-order chi connectivity index (χ0) is 19.5. The van der Waals surface area contributed by atoms with Crippen molar-refractivity contribution in [3.63, 3.8) is 0 Å². The average Bonchev–Trinajstić information content (AvgIpc) is 2.67. The van der Waals surface area contributed by atoms with Crippen LogP contribution in [0.1, 0.15) is 48.3 Å². The van der Waals surface area contributed by atoms with E-state index in [0.717, 1.165) is 44.3 Å². The van der Waals surface area contributed by atoms with E-state index in [1.807, 2.05) is 11.8 Å². The van der Waals surface area contributed by atoms with Crippen LogP contribution in [-0.4, -0.2) is 38.8 Å². The van der Waals surface area contributed by atoms with Gasteiger partial charge in [0.1, 0.15) is 11.6 Å². The Bertz CT molecular complexity index is 995. The summed E-state index contributed by atoms with van der Waals surface area (Å²) in [7, 11) is 0. The van der Waals surface area contributed by atoms with Gasteiger partial charge in [0.25, 0.3) is 5.91 Å². The number of hydrogen-bond donors (Lipinski definition) is 0. The molecule has 0 bridgehead atoms. The lowest BCUT2D eigenvalue weighted by molar-refractivity contribution is 0.0744. The van der Waals surface area contributed by atoms with Gasteiger partial charge in [-0.2, -0.15) is 0 Å². The number of halogens is 1. The Morgan fingerprint density at radius 1 is 1.00 bits per heavy atom. The van der Waals surface area contributed by atoms with Crippen molar-refractivity contribution in [3.8, 4) is 11.3 Å². The van der Waals surface area contributed by atoms with Gasteiger partial charge in [-0.1, -0.05) is 19.3 Å². The molecule has 4 rings (SSSR count). The number of fused-ring (bicyclic) bond motifs is 1. The van der Waals surface area contributed by atoms with E-state index in [4.69, 9.17) is 0 Å². The number of amides is 1. The summed E-state index contributed by atoms with van der Waals surface area (Å²) < 4.78 is 13.9. The molecular formula is C22H23FN4O. The maximum absolute atomic E-state index is 13.9. The Balaban J connectivity index is 1.81. The number of aryl methyl sites for hydroxylation is 1. The van der Waals surface area contributed by atoms with E-state index in [2.05, 4.69) is 15.0 Å². The van der Waals surface area contributed by atoms with Gasteiger partial charge >= 0.3 is 0 Å². The highest BCUT2D eigenvalue weighted by atomic mass is 19.1. The number of carbonyl (C=O) groups excluding carboxylic acids is 1. The molecule has 28 heavy (non-hydrogen) atoms. The second-order valence-electron chi connectivity index (χ2n) is 7.30. The average molecular weight is 378 g/mol. The van der Waals surface area contributed by atoms with Crippen molar-refractivity contribution in [2.24, 2.45) is 0 Å². The maximum Gasteiger partial charge on any atom is 0.254 e. The van der Waals surface area contributed by atoms with Crippen LogP contribution >= 0.6 is 0 Å². The fraction of sp³-hybridized carbons (Fsp3) is 0.364. The molecule has 1 aliphatic rings. The highest BCUT2D eigenvalue weighted by Crippen LogP contribution is 2.27. The molecule has 0 atom stereocenters. The summed E-state index contributed by atoms with van der Waals surface area (Å²) in [6.07, 6.45) is 8.91. The fourth-order valence-electron chi connectivity index (χ4n) is 3.67. The molecule has 1 saturated heterocycles. The summed E-state index contributed by atoms with van der Waals surface area (Å²) in [5.74, 6) is 0.236. The van der Waals surface area contributed by atoms with Gasteiger partial charge in [-0.15, -0.1) is 0 Å². The molecule has 1 aromatic carbocycles. The minimum Gasteiger partial charge on any atom is -0.339 e. The van der Waals surface area contributed by atoms with Crippen molar-refractivity contribution in [2.45, 2.75) is 39.0 Å². The second kappa shape index (κ2) is 8.00. The van der Waals surface area contributed by atoms with Crippen LogP contribution in [0, 0.1) is 12.7 Å². The molecule has 6 heteroatoms. The van der Waals surface area contributed by atoms with Crippen LogP contribution in [0.15, 0.2) is 36.7 Å². The van der Waals surface area contributed by atoms with Gasteiger partial charge in [-0.3, -0.25) is 4.79 Å². The number of benzene rings is 1. The van der Waals surface area contributed by atoms with E-state index in [0.29, 0.717) is 28.0 Å². The Labute approximate surface area is 163 Å². The number of hydrogen-bond acceptors (Lipinski definition) is 4. The number of carbonyl (C=O) groups is 1. The molecule has 0 aliphatic carbocycles. The smallest absolute Gasteiger partial charge is 0.254 e. The molecule has 0 saturated carbocycles. The molecule has 3 heterocycles. The monoisotopic (exact) mass is 378 g/mol. The van der Waals surface area contributed by atoms with Gasteiger partial charge in [-0.05, 0) is 44.0 Å². The van der Waals surface area contributed by atoms with E-state index >= 15 is 0 Å². The van der Waals surface area contributed by atoms with Crippen molar-refractivity contribution in [3.05, 3.63) is 53.9 Å². The van der Waals surface area contributed by atoms with Gasteiger partial charge in [-0.25, -0.2) is 19.3 Å². The van der Waals surface area contributed by atoms with Crippen molar-refractivity contribution in [2.75, 3.05) is 13.1 Å². The zero-order valence-electron chi connectivity index (χ0n) is 16.0. The normalized spacial score (nSPS) is 15.3. The van der Waals surface area contributed by atoms with Crippen LogP contribution < -0.4 is 0 Å². The topological polar surface area (TPSA) is 59.0 Å². The Morgan fingerprint density at radius 3 is 2.39 bits per heavy atom. The third-order valence-electron chi connectivity index (χ3n) is 5.22. The van der Waals surface area contributed by atoms with Crippen LogP contribution in [0.5, 0.6) is 0 Å². The molecule has 0 N–H and O–H groups in total. The Morgan fingerprint density at radius 2 is 1.68 bits per heavy atom. The number of pyridine rings is 1. The molecule has 1 fully saturated rings. The van der Waals surface area contributed by atoms with Crippen LogP contribution in [0.3, 0.4) is 0 Å². The van der Waals surface area contributed by atoms with Gasteiger partial charge in [0.05, 0.1) is 16.8 Å². The Hall–Kier alpha value is -2.89. The summed E-state index contributed by atoms with van der Waals surface area (Å²) >= 11 is 0. The van der Waals surface area contributed by atoms with Gasteiger partial charge < -0.3 is 4.90 Å². The lowest BCUT2D eigenvalue weighted by Crippen LogP contribution is -2.34. The molecule has 1 amide bonds. The van der Waals surface area contributed by atoms with Crippen molar-refractivity contribution < 1.29 is 9.18 Å². The molecule has 0 unspecified atom stereocenters. The van der Waals surface area contributed by atoms with E-state index in [1.165, 1.54) is 18.6 Å². The van der Waals surface area contributed by atoms with E-state index < -0.39 is 0 Å². The van der Waals surface area contributed by atoms with Crippen molar-refractivity contribution in [1.29, 1.82) is 0 Å². The first-order valence-corrected chi connectivity index (χ1v) is 9.80. The molecule has 5 nitrogen and oxygen atoms in total. The summed E-state index contributed by atoms with van der Waals surface area (Å²) in [4.78, 5) is 28.4. The fourth-order valence-corrected chi connectivity index (χ4v) is 3.67. The van der Waals surface area contributed by atoms with Crippen LogP contribution in [0.25, 0.3) is 22.2 Å². The third kappa shape index (κ3) is 3.86. The third-order valence-corrected chi connectivity index (χ3v) is 5.22. The highest BCUT2D eigenvalue weighted by molar-refractivity contribution is 6.07. The van der Waals surface area contributed by atoms with Gasteiger partial charge in [0, 0.05) is 36.4 Å². The summed E-state index contributed by atoms with van der Waals surface area (Å²) in [6, 6.07) is 6.13. The predicted molar refractivity (Wildman–Crippen MR) is 106 cm³/mol. The summed E-state index contributed by atoms with van der Waals surface area (Å²) in [5.41, 5.74) is 2.43. The minimum absolute atomic E-state index is 0.0609. The number of rotatable bonds is 2. The number of likely N-dealkylation sites (tertiary alicyclic amines) is 1. The van der Waals surface area contributed by atoms with Gasteiger partial charge in [0.2, 0.25) is 0 Å². The van der Waals surface area contributed by atoms with E-state index in [-0.39, 0.29) is 11.7 Å². The molecule has 0 radical (unpaired) electrons.